The maximum atomic E-state index is 13.4. The summed E-state index contributed by atoms with van der Waals surface area (Å²) >= 11 is 0. The first-order chi connectivity index (χ1) is 13.5. The molecule has 0 heterocycles. The van der Waals surface area contributed by atoms with Gasteiger partial charge in [-0.1, -0.05) is 30.3 Å². The molecule has 0 saturated carbocycles. The lowest BCUT2D eigenvalue weighted by molar-refractivity contribution is 0.0811. The van der Waals surface area contributed by atoms with Gasteiger partial charge in [0.05, 0.1) is 5.56 Å². The quantitative estimate of drug-likeness (QED) is 0.620. The monoisotopic (exact) mass is 381 g/mol. The standard InChI is InChI=1S/C22H17F2NO3/c1-14(21(26)15-11-12-18(23)19(24)13-15)28-20-10-6-5-9-17(20)22(27)25-16-7-3-2-4-8-16/h2-14H,1H3,(H,25,27)/t14-/m0/s1. The minimum Gasteiger partial charge on any atom is -0.482 e. The Hall–Kier alpha value is -3.54. The highest BCUT2D eigenvalue weighted by atomic mass is 19.2. The molecule has 3 rings (SSSR count). The molecule has 0 aliphatic heterocycles. The lowest BCUT2D eigenvalue weighted by atomic mass is 10.1. The molecule has 4 nitrogen and oxygen atoms in total. The number of Topliss-reactive ketones (excluding diaryl/α,β-unsaturated/α-hetero) is 1. The SMILES string of the molecule is C[C@H](Oc1ccccc1C(=O)Nc1ccccc1)C(=O)c1ccc(F)c(F)c1. The number of benzene rings is 3. The van der Waals surface area contributed by atoms with E-state index in [0.29, 0.717) is 5.69 Å². The summed E-state index contributed by atoms with van der Waals surface area (Å²) in [4.78, 5) is 25.0. The van der Waals surface area contributed by atoms with E-state index in [0.717, 1.165) is 12.1 Å². The van der Waals surface area contributed by atoms with Gasteiger partial charge >= 0.3 is 0 Å². The van der Waals surface area contributed by atoms with Crippen LogP contribution in [-0.4, -0.2) is 17.8 Å². The van der Waals surface area contributed by atoms with Gasteiger partial charge in [-0.25, -0.2) is 8.78 Å². The number of nitrogens with one attached hydrogen (secondary N) is 1. The summed E-state index contributed by atoms with van der Waals surface area (Å²) < 4.78 is 32.1. The second-order valence-corrected chi connectivity index (χ2v) is 6.07. The lowest BCUT2D eigenvalue weighted by Crippen LogP contribution is -2.25. The zero-order valence-corrected chi connectivity index (χ0v) is 15.0. The van der Waals surface area contributed by atoms with Gasteiger partial charge < -0.3 is 10.1 Å². The van der Waals surface area contributed by atoms with Crippen LogP contribution in [0.2, 0.25) is 0 Å². The van der Waals surface area contributed by atoms with Crippen LogP contribution in [0.5, 0.6) is 5.75 Å². The molecule has 0 bridgehead atoms. The average Bonchev–Trinajstić information content (AvgIpc) is 2.70. The van der Waals surface area contributed by atoms with Crippen molar-refractivity contribution in [3.05, 3.63) is 95.6 Å². The Morgan fingerprint density at radius 1 is 0.893 bits per heavy atom. The van der Waals surface area contributed by atoms with Crippen LogP contribution >= 0.6 is 0 Å². The number of amides is 1. The number of halogens is 2. The molecular weight excluding hydrogens is 364 g/mol. The van der Waals surface area contributed by atoms with Crippen molar-refractivity contribution in [1.29, 1.82) is 0 Å². The molecule has 0 radical (unpaired) electrons. The molecule has 1 amide bonds. The van der Waals surface area contributed by atoms with Crippen molar-refractivity contribution < 1.29 is 23.1 Å². The highest BCUT2D eigenvalue weighted by molar-refractivity contribution is 6.06. The molecule has 3 aromatic rings. The molecule has 28 heavy (non-hydrogen) atoms. The van der Waals surface area contributed by atoms with Gasteiger partial charge in [0, 0.05) is 11.3 Å². The van der Waals surface area contributed by atoms with Crippen molar-refractivity contribution in [2.24, 2.45) is 0 Å². The number of anilines is 1. The second kappa shape index (κ2) is 8.43. The van der Waals surface area contributed by atoms with Crippen molar-refractivity contribution in [3.8, 4) is 5.75 Å². The van der Waals surface area contributed by atoms with E-state index in [1.54, 1.807) is 48.5 Å². The maximum Gasteiger partial charge on any atom is 0.259 e. The number of hydrogen-bond donors (Lipinski definition) is 1. The second-order valence-electron chi connectivity index (χ2n) is 6.07. The van der Waals surface area contributed by atoms with Crippen LogP contribution in [0.25, 0.3) is 0 Å². The largest absolute Gasteiger partial charge is 0.482 e. The summed E-state index contributed by atoms with van der Waals surface area (Å²) in [7, 11) is 0. The van der Waals surface area contributed by atoms with Gasteiger partial charge in [0.2, 0.25) is 5.78 Å². The van der Waals surface area contributed by atoms with Crippen molar-refractivity contribution in [3.63, 3.8) is 0 Å². The van der Waals surface area contributed by atoms with Crippen LogP contribution < -0.4 is 10.1 Å². The fourth-order valence-corrected chi connectivity index (χ4v) is 2.60. The number of hydrogen-bond acceptors (Lipinski definition) is 3. The smallest absolute Gasteiger partial charge is 0.259 e. The summed E-state index contributed by atoms with van der Waals surface area (Å²) in [5.74, 6) is -2.86. The molecular formula is C22H17F2NO3. The summed E-state index contributed by atoms with van der Waals surface area (Å²) in [6.07, 6.45) is -1.00. The van der Waals surface area contributed by atoms with E-state index in [9.17, 15) is 18.4 Å². The van der Waals surface area contributed by atoms with Gasteiger partial charge in [-0.05, 0) is 49.4 Å². The van der Waals surface area contributed by atoms with Crippen LogP contribution in [0, 0.1) is 11.6 Å². The average molecular weight is 381 g/mol. The molecule has 6 heteroatoms. The summed E-state index contributed by atoms with van der Waals surface area (Å²) in [6, 6.07) is 18.3. The fourth-order valence-electron chi connectivity index (χ4n) is 2.60. The minimum atomic E-state index is -1.11. The molecule has 1 N–H and O–H groups in total. The van der Waals surface area contributed by atoms with E-state index in [4.69, 9.17) is 4.74 Å². The van der Waals surface area contributed by atoms with Crippen LogP contribution in [-0.2, 0) is 0 Å². The van der Waals surface area contributed by atoms with E-state index in [1.807, 2.05) is 6.07 Å². The summed E-state index contributed by atoms with van der Waals surface area (Å²) in [5, 5.41) is 2.75. The zero-order valence-electron chi connectivity index (χ0n) is 15.0. The third kappa shape index (κ3) is 4.40. The number of carbonyl (C=O) groups excluding carboxylic acids is 2. The van der Waals surface area contributed by atoms with E-state index in [1.165, 1.54) is 13.0 Å². The number of ether oxygens (including phenoxy) is 1. The normalized spacial score (nSPS) is 11.5. The predicted octanol–water partition coefficient (Wildman–Crippen LogP) is 4.87. The molecule has 0 aliphatic carbocycles. The predicted molar refractivity (Wildman–Crippen MR) is 102 cm³/mol. The van der Waals surface area contributed by atoms with Crippen molar-refractivity contribution in [2.75, 3.05) is 5.32 Å². The highest BCUT2D eigenvalue weighted by Gasteiger charge is 2.21. The van der Waals surface area contributed by atoms with E-state index in [2.05, 4.69) is 5.32 Å². The molecule has 0 fully saturated rings. The van der Waals surface area contributed by atoms with Crippen molar-refractivity contribution in [2.45, 2.75) is 13.0 Å². The van der Waals surface area contributed by atoms with Crippen LogP contribution in [0.3, 0.4) is 0 Å². The number of para-hydroxylation sites is 2. The minimum absolute atomic E-state index is 0.0161. The summed E-state index contributed by atoms with van der Waals surface area (Å²) in [6.45, 7) is 1.48. The third-order valence-corrected chi connectivity index (χ3v) is 4.04. The molecule has 0 saturated heterocycles. The highest BCUT2D eigenvalue weighted by Crippen LogP contribution is 2.22. The molecule has 0 spiro atoms. The van der Waals surface area contributed by atoms with Gasteiger partial charge in [-0.15, -0.1) is 0 Å². The Labute approximate surface area is 160 Å². The summed E-state index contributed by atoms with van der Waals surface area (Å²) in [5.41, 5.74) is 0.849. The Morgan fingerprint density at radius 2 is 1.57 bits per heavy atom. The molecule has 1 atom stereocenters. The van der Waals surface area contributed by atoms with E-state index in [-0.39, 0.29) is 16.9 Å². The Kier molecular flexibility index (Phi) is 5.79. The third-order valence-electron chi connectivity index (χ3n) is 4.04. The fraction of sp³-hybridized carbons (Fsp3) is 0.0909. The van der Waals surface area contributed by atoms with Gasteiger partial charge in [-0.2, -0.15) is 0 Å². The first kappa shape index (κ1) is 19.2. The van der Waals surface area contributed by atoms with Crippen LogP contribution in [0.15, 0.2) is 72.8 Å². The molecule has 142 valence electrons. The lowest BCUT2D eigenvalue weighted by Gasteiger charge is -2.16. The zero-order chi connectivity index (χ0) is 20.1. The van der Waals surface area contributed by atoms with Gasteiger partial charge in [0.15, 0.2) is 17.7 Å². The van der Waals surface area contributed by atoms with E-state index >= 15 is 0 Å². The number of carbonyl (C=O) groups is 2. The molecule has 3 aromatic carbocycles. The maximum absolute atomic E-state index is 13.4. The Morgan fingerprint density at radius 3 is 2.29 bits per heavy atom. The van der Waals surface area contributed by atoms with Crippen LogP contribution in [0.1, 0.15) is 27.6 Å². The van der Waals surface area contributed by atoms with E-state index < -0.39 is 29.4 Å². The first-order valence-corrected chi connectivity index (χ1v) is 8.57. The first-order valence-electron chi connectivity index (χ1n) is 8.57. The molecule has 0 aromatic heterocycles. The topological polar surface area (TPSA) is 55.4 Å². The number of ketones is 1. The van der Waals surface area contributed by atoms with Gasteiger partial charge in [0.1, 0.15) is 5.75 Å². The Bertz CT molecular complexity index is 1010. The molecule has 0 aliphatic rings. The van der Waals surface area contributed by atoms with Crippen molar-refractivity contribution in [1.82, 2.24) is 0 Å². The van der Waals surface area contributed by atoms with Crippen molar-refractivity contribution >= 4 is 17.4 Å². The van der Waals surface area contributed by atoms with Crippen LogP contribution in [0.4, 0.5) is 14.5 Å². The number of rotatable bonds is 6. The van der Waals surface area contributed by atoms with Gasteiger partial charge in [-0.3, -0.25) is 9.59 Å². The molecule has 0 unspecified atom stereocenters. The van der Waals surface area contributed by atoms with Gasteiger partial charge in [0.25, 0.3) is 5.91 Å². The Balaban J connectivity index is 1.77.